The van der Waals surface area contributed by atoms with Gasteiger partial charge in [0.15, 0.2) is 0 Å². The van der Waals surface area contributed by atoms with Crippen LogP contribution in [0.25, 0.3) is 0 Å². The van der Waals surface area contributed by atoms with Gasteiger partial charge in [0.1, 0.15) is 5.28 Å². The minimum absolute atomic E-state index is 0.224. The van der Waals surface area contributed by atoms with Crippen molar-refractivity contribution < 1.29 is 24.6 Å². The molecule has 12 heavy (non-hydrogen) atoms. The fraction of sp³-hybridized carbons (Fsp3) is 1.00. The largest absolute Gasteiger partial charge is 0.396 e. The average molecular weight is 199 g/mol. The molecule has 0 aromatic rings. The molecule has 0 aromatic carbocycles. The Labute approximate surface area is 70.2 Å². The van der Waals surface area contributed by atoms with E-state index in [1.165, 1.54) is 0 Å². The van der Waals surface area contributed by atoms with Gasteiger partial charge >= 0.3 is 7.60 Å². The van der Waals surface area contributed by atoms with E-state index in [1.54, 1.807) is 0 Å². The molecule has 74 valence electrons. The molecule has 0 rings (SSSR count). The van der Waals surface area contributed by atoms with Crippen LogP contribution in [0.1, 0.15) is 12.8 Å². The molecular formula is C5H14NO5P. The van der Waals surface area contributed by atoms with E-state index in [9.17, 15) is 4.57 Å². The molecule has 0 amide bonds. The molecule has 0 radical (unpaired) electrons. The van der Waals surface area contributed by atoms with Crippen LogP contribution >= 0.6 is 7.60 Å². The van der Waals surface area contributed by atoms with Crippen molar-refractivity contribution in [1.82, 2.24) is 0 Å². The van der Waals surface area contributed by atoms with Crippen molar-refractivity contribution in [1.29, 1.82) is 0 Å². The van der Waals surface area contributed by atoms with Crippen molar-refractivity contribution in [2.75, 3.05) is 13.2 Å². The van der Waals surface area contributed by atoms with Gasteiger partial charge < -0.3 is 25.7 Å². The molecule has 0 aliphatic rings. The van der Waals surface area contributed by atoms with Crippen LogP contribution in [-0.4, -0.2) is 38.5 Å². The molecule has 6 nitrogen and oxygen atoms in total. The monoisotopic (exact) mass is 199 g/mol. The summed E-state index contributed by atoms with van der Waals surface area (Å²) in [5.41, 5.74) is 5.31. The predicted octanol–water partition coefficient (Wildman–Crippen LogP) is -1.42. The van der Waals surface area contributed by atoms with E-state index >= 15 is 0 Å². The molecule has 0 heterocycles. The van der Waals surface area contributed by atoms with Crippen molar-refractivity contribution in [3.8, 4) is 0 Å². The van der Waals surface area contributed by atoms with E-state index in [2.05, 4.69) is 0 Å². The Morgan fingerprint density at radius 1 is 1.17 bits per heavy atom. The molecule has 0 aliphatic carbocycles. The zero-order chi connectivity index (χ0) is 9.83. The van der Waals surface area contributed by atoms with Gasteiger partial charge in [0, 0.05) is 26.1 Å². The summed E-state index contributed by atoms with van der Waals surface area (Å²) in [6, 6.07) is 0. The highest BCUT2D eigenvalue weighted by Crippen LogP contribution is 2.50. The van der Waals surface area contributed by atoms with E-state index in [0.717, 1.165) is 0 Å². The minimum atomic E-state index is -4.46. The van der Waals surface area contributed by atoms with Crippen molar-refractivity contribution in [3.63, 3.8) is 0 Å². The van der Waals surface area contributed by atoms with E-state index in [-0.39, 0.29) is 12.8 Å². The summed E-state index contributed by atoms with van der Waals surface area (Å²) in [5.74, 6) is 0. The minimum Gasteiger partial charge on any atom is -0.396 e. The standard InChI is InChI=1S/C5H14NO5P/c6-5(1-3-7,2-4-8)12(9,10)11/h7-8H,1-4,6H2,(H2,9,10,11). The summed E-state index contributed by atoms with van der Waals surface area (Å²) in [5, 5.41) is 15.2. The van der Waals surface area contributed by atoms with Crippen molar-refractivity contribution >= 4 is 7.60 Å². The van der Waals surface area contributed by atoms with Crippen LogP contribution in [0.3, 0.4) is 0 Å². The molecule has 0 unspecified atom stereocenters. The molecule has 0 fully saturated rings. The van der Waals surface area contributed by atoms with Crippen LogP contribution < -0.4 is 5.73 Å². The molecule has 6 N–H and O–H groups in total. The fourth-order valence-corrected chi connectivity index (χ4v) is 1.59. The Balaban J connectivity index is 4.50. The highest BCUT2D eigenvalue weighted by atomic mass is 31.2. The Bertz CT molecular complexity index is 173. The molecule has 0 spiro atoms. The average Bonchev–Trinajstić information content (AvgIpc) is 1.86. The topological polar surface area (TPSA) is 124 Å². The zero-order valence-electron chi connectivity index (χ0n) is 6.55. The highest BCUT2D eigenvalue weighted by Gasteiger charge is 2.41. The van der Waals surface area contributed by atoms with Gasteiger partial charge in [0.2, 0.25) is 0 Å². The van der Waals surface area contributed by atoms with Crippen molar-refractivity contribution in [3.05, 3.63) is 0 Å². The van der Waals surface area contributed by atoms with E-state index in [4.69, 9.17) is 25.7 Å². The van der Waals surface area contributed by atoms with Crippen LogP contribution in [0.15, 0.2) is 0 Å². The first kappa shape index (κ1) is 12.0. The van der Waals surface area contributed by atoms with Gasteiger partial charge in [-0.25, -0.2) is 0 Å². The summed E-state index contributed by atoms with van der Waals surface area (Å²) >= 11 is 0. The van der Waals surface area contributed by atoms with Gasteiger partial charge in [-0.15, -0.1) is 0 Å². The third-order valence-corrected chi connectivity index (χ3v) is 3.28. The van der Waals surface area contributed by atoms with Gasteiger partial charge in [-0.05, 0) is 0 Å². The van der Waals surface area contributed by atoms with Crippen LogP contribution in [0, 0.1) is 0 Å². The Kier molecular flexibility index (Phi) is 4.33. The normalized spacial score (nSPS) is 13.4. The van der Waals surface area contributed by atoms with E-state index in [1.807, 2.05) is 0 Å². The van der Waals surface area contributed by atoms with Gasteiger partial charge in [0.25, 0.3) is 0 Å². The summed E-state index contributed by atoms with van der Waals surface area (Å²) in [6.45, 7) is -0.830. The molecular weight excluding hydrogens is 185 g/mol. The summed E-state index contributed by atoms with van der Waals surface area (Å²) in [7, 11) is -4.46. The molecule has 0 bridgehead atoms. The van der Waals surface area contributed by atoms with Crippen LogP contribution in [0.2, 0.25) is 0 Å². The third-order valence-electron chi connectivity index (χ3n) is 1.67. The lowest BCUT2D eigenvalue weighted by atomic mass is 10.1. The van der Waals surface area contributed by atoms with Gasteiger partial charge in [-0.2, -0.15) is 0 Å². The van der Waals surface area contributed by atoms with E-state index < -0.39 is 26.1 Å². The second kappa shape index (κ2) is 4.32. The number of nitrogens with two attached hydrogens (primary N) is 1. The Hall–Kier alpha value is 0.0300. The second-order valence-electron chi connectivity index (χ2n) is 2.59. The SMILES string of the molecule is NC(CCO)(CCO)P(=O)(O)O. The lowest BCUT2D eigenvalue weighted by Gasteiger charge is -2.28. The Morgan fingerprint density at radius 3 is 1.67 bits per heavy atom. The Morgan fingerprint density at radius 2 is 1.50 bits per heavy atom. The zero-order valence-corrected chi connectivity index (χ0v) is 7.44. The molecule has 7 heteroatoms. The third kappa shape index (κ3) is 2.82. The first-order valence-corrected chi connectivity index (χ1v) is 5.05. The maximum atomic E-state index is 10.8. The van der Waals surface area contributed by atoms with Gasteiger partial charge in [-0.1, -0.05) is 0 Å². The number of hydrogen-bond acceptors (Lipinski definition) is 4. The number of rotatable bonds is 5. The van der Waals surface area contributed by atoms with Crippen molar-refractivity contribution in [2.45, 2.75) is 18.1 Å². The van der Waals surface area contributed by atoms with Crippen molar-refractivity contribution in [2.24, 2.45) is 5.73 Å². The fourth-order valence-electron chi connectivity index (χ4n) is 0.804. The number of hydrogen-bond donors (Lipinski definition) is 5. The predicted molar refractivity (Wildman–Crippen MR) is 42.4 cm³/mol. The summed E-state index contributed by atoms with van der Waals surface area (Å²) in [6.07, 6.45) is -0.449. The van der Waals surface area contributed by atoms with Crippen LogP contribution in [0.5, 0.6) is 0 Å². The van der Waals surface area contributed by atoms with Crippen LogP contribution in [-0.2, 0) is 4.57 Å². The second-order valence-corrected chi connectivity index (χ2v) is 4.57. The molecule has 0 saturated carbocycles. The quantitative estimate of drug-likeness (QED) is 0.346. The number of aliphatic hydroxyl groups excluding tert-OH is 2. The maximum Gasteiger partial charge on any atom is 0.345 e. The summed E-state index contributed by atoms with van der Waals surface area (Å²) in [4.78, 5) is 17.5. The van der Waals surface area contributed by atoms with E-state index in [0.29, 0.717) is 0 Å². The first-order chi connectivity index (χ1) is 5.37. The first-order valence-electron chi connectivity index (χ1n) is 3.43. The van der Waals surface area contributed by atoms with Crippen LogP contribution in [0.4, 0.5) is 0 Å². The molecule has 0 aliphatic heterocycles. The highest BCUT2D eigenvalue weighted by molar-refractivity contribution is 7.53. The lowest BCUT2D eigenvalue weighted by molar-refractivity contribution is 0.205. The maximum absolute atomic E-state index is 10.8. The lowest BCUT2D eigenvalue weighted by Crippen LogP contribution is -2.41. The smallest absolute Gasteiger partial charge is 0.345 e. The molecule has 0 aromatic heterocycles. The number of aliphatic hydroxyl groups is 2. The molecule has 0 saturated heterocycles. The molecule has 0 atom stereocenters. The summed E-state index contributed by atoms with van der Waals surface area (Å²) < 4.78 is 10.8. The van der Waals surface area contributed by atoms with Gasteiger partial charge in [0.05, 0.1) is 0 Å². The van der Waals surface area contributed by atoms with Gasteiger partial charge in [-0.3, -0.25) is 4.57 Å².